The van der Waals surface area contributed by atoms with Gasteiger partial charge in [0.25, 0.3) is 0 Å². The molecule has 0 aromatic heterocycles. The molecule has 3 aliphatic heterocycles. The van der Waals surface area contributed by atoms with E-state index in [1.807, 2.05) is 4.90 Å². The van der Waals surface area contributed by atoms with Crippen molar-refractivity contribution in [3.63, 3.8) is 0 Å². The number of hydrazine groups is 1. The minimum atomic E-state index is -0.933. The van der Waals surface area contributed by atoms with Crippen LogP contribution in [0, 0.1) is 17.3 Å². The van der Waals surface area contributed by atoms with Gasteiger partial charge in [0.05, 0.1) is 23.2 Å². The first-order valence-corrected chi connectivity index (χ1v) is 14.8. The number of nitrogens with zero attached hydrogens (tertiary/aromatic N) is 3. The second-order valence-corrected chi connectivity index (χ2v) is 12.6. The average Bonchev–Trinajstić information content (AvgIpc) is 3.42. The van der Waals surface area contributed by atoms with Gasteiger partial charge in [0.1, 0.15) is 18.5 Å². The fourth-order valence-corrected chi connectivity index (χ4v) is 7.48. The molecule has 40 heavy (non-hydrogen) atoms. The minimum Gasteiger partial charge on any atom is -0.487 e. The van der Waals surface area contributed by atoms with Crippen molar-refractivity contribution in [2.45, 2.75) is 70.4 Å². The summed E-state index contributed by atoms with van der Waals surface area (Å²) in [6.45, 7) is 1.77. The van der Waals surface area contributed by atoms with Crippen LogP contribution in [-0.2, 0) is 20.8 Å². The Labute approximate surface area is 239 Å². The zero-order valence-electron chi connectivity index (χ0n) is 22.7. The SMILES string of the molecule is N/C(COc1ccc(Cl)c2c1C(N1CC3(CC3)CC1=O)N(C(=O)C1CCCCC1C(=O)O)CC2)=C1/CCCN1N. The van der Waals surface area contributed by atoms with Crippen LogP contribution in [0.3, 0.4) is 0 Å². The quantitative estimate of drug-likeness (QED) is 0.442. The average molecular weight is 572 g/mol. The Morgan fingerprint density at radius 2 is 1.85 bits per heavy atom. The van der Waals surface area contributed by atoms with Crippen molar-refractivity contribution in [3.8, 4) is 5.75 Å². The van der Waals surface area contributed by atoms with Crippen LogP contribution in [0.15, 0.2) is 23.5 Å². The fourth-order valence-electron chi connectivity index (χ4n) is 7.22. The number of carboxylic acid groups (broad SMARTS) is 1. The number of aliphatic carboxylic acids is 1. The molecule has 2 saturated carbocycles. The summed E-state index contributed by atoms with van der Waals surface area (Å²) in [5.74, 6) is 4.12. The number of carbonyl (C=O) groups is 3. The molecule has 3 atom stereocenters. The predicted molar refractivity (Wildman–Crippen MR) is 148 cm³/mol. The van der Waals surface area contributed by atoms with Crippen LogP contribution in [-0.4, -0.2) is 63.9 Å². The number of carbonyl (C=O) groups excluding carboxylic acids is 2. The molecule has 6 rings (SSSR count). The first-order chi connectivity index (χ1) is 19.2. The number of likely N-dealkylation sites (tertiary alicyclic amines) is 1. The molecule has 2 saturated heterocycles. The van der Waals surface area contributed by atoms with Gasteiger partial charge in [0.15, 0.2) is 0 Å². The van der Waals surface area contributed by atoms with Crippen LogP contribution in [0.5, 0.6) is 5.75 Å². The molecule has 4 fully saturated rings. The Morgan fingerprint density at radius 3 is 2.50 bits per heavy atom. The van der Waals surface area contributed by atoms with Gasteiger partial charge >= 0.3 is 5.97 Å². The maximum Gasteiger partial charge on any atom is 0.307 e. The Hall–Kier alpha value is -2.98. The van der Waals surface area contributed by atoms with Crippen LogP contribution < -0.4 is 16.3 Å². The third kappa shape index (κ3) is 4.79. The van der Waals surface area contributed by atoms with Gasteiger partial charge in [-0.3, -0.25) is 14.4 Å². The lowest BCUT2D eigenvalue weighted by atomic mass is 9.78. The van der Waals surface area contributed by atoms with E-state index in [9.17, 15) is 19.5 Å². The predicted octanol–water partition coefficient (Wildman–Crippen LogP) is 3.15. The van der Waals surface area contributed by atoms with E-state index >= 15 is 0 Å². The van der Waals surface area contributed by atoms with Gasteiger partial charge in [-0.15, -0.1) is 0 Å². The monoisotopic (exact) mass is 571 g/mol. The van der Waals surface area contributed by atoms with E-state index in [1.54, 1.807) is 22.0 Å². The number of rotatable bonds is 6. The molecule has 2 aliphatic carbocycles. The van der Waals surface area contributed by atoms with E-state index < -0.39 is 24.0 Å². The first-order valence-electron chi connectivity index (χ1n) is 14.5. The Bertz CT molecular complexity index is 1260. The minimum absolute atomic E-state index is 0.00358. The topological polar surface area (TPSA) is 142 Å². The number of nitrogens with two attached hydrogens (primary N) is 2. The van der Waals surface area contributed by atoms with Gasteiger partial charge in [-0.2, -0.15) is 0 Å². The molecule has 11 heteroatoms. The summed E-state index contributed by atoms with van der Waals surface area (Å²) in [4.78, 5) is 43.4. The molecule has 1 aromatic rings. The number of fused-ring (bicyclic) bond motifs is 1. The van der Waals surface area contributed by atoms with Crippen LogP contribution >= 0.6 is 11.6 Å². The number of benzene rings is 1. The highest BCUT2D eigenvalue weighted by molar-refractivity contribution is 6.31. The molecule has 1 aromatic carbocycles. The molecule has 2 amide bonds. The molecule has 3 heterocycles. The maximum atomic E-state index is 14.2. The largest absolute Gasteiger partial charge is 0.487 e. The van der Waals surface area contributed by atoms with Gasteiger partial charge in [0, 0.05) is 36.6 Å². The van der Waals surface area contributed by atoms with Crippen LogP contribution in [0.2, 0.25) is 5.02 Å². The van der Waals surface area contributed by atoms with Crippen LogP contribution in [0.25, 0.3) is 0 Å². The number of halogens is 1. The van der Waals surface area contributed by atoms with Gasteiger partial charge < -0.3 is 30.4 Å². The van der Waals surface area contributed by atoms with Crippen molar-refractivity contribution in [2.75, 3.05) is 26.2 Å². The molecular formula is C29H38ClN5O5. The molecule has 216 valence electrons. The summed E-state index contributed by atoms with van der Waals surface area (Å²) in [5, 5.41) is 12.1. The lowest BCUT2D eigenvalue weighted by Gasteiger charge is -2.45. The Kier molecular flexibility index (Phi) is 7.11. The molecule has 10 nitrogen and oxygen atoms in total. The number of amides is 2. The standard InChI is InChI=1S/C29H38ClN5O5/c30-20-7-8-23(40-15-21(31)22-6-3-12-35(22)32)25-19(20)9-13-33(26(25)34-16-29(10-11-29)14-24(34)36)27(37)17-4-1-2-5-18(17)28(38)39/h7-8,17-18,26H,1-6,9-16,31-32H2,(H,38,39)/b22-21-. The van der Waals surface area contributed by atoms with Crippen molar-refractivity contribution in [1.82, 2.24) is 14.8 Å². The summed E-state index contributed by atoms with van der Waals surface area (Å²) >= 11 is 6.72. The van der Waals surface area contributed by atoms with Gasteiger partial charge in [-0.1, -0.05) is 24.4 Å². The number of ether oxygens (including phenoxy) is 1. The van der Waals surface area contributed by atoms with Crippen molar-refractivity contribution in [2.24, 2.45) is 28.8 Å². The summed E-state index contributed by atoms with van der Waals surface area (Å²) in [6, 6.07) is 3.57. The smallest absolute Gasteiger partial charge is 0.307 e. The normalized spacial score (nSPS) is 28.6. The Morgan fingerprint density at radius 1 is 1.10 bits per heavy atom. The summed E-state index contributed by atoms with van der Waals surface area (Å²) in [7, 11) is 0. The summed E-state index contributed by atoms with van der Waals surface area (Å²) < 4.78 is 6.31. The summed E-state index contributed by atoms with van der Waals surface area (Å²) in [6.07, 6.45) is 6.56. The van der Waals surface area contributed by atoms with Crippen LogP contribution in [0.1, 0.15) is 75.1 Å². The second kappa shape index (κ2) is 10.4. The molecule has 0 radical (unpaired) electrons. The lowest BCUT2D eigenvalue weighted by molar-refractivity contribution is -0.157. The third-order valence-electron chi connectivity index (χ3n) is 9.62. The highest BCUT2D eigenvalue weighted by Gasteiger charge is 2.56. The molecule has 5 N–H and O–H groups in total. The molecule has 3 unspecified atom stereocenters. The van der Waals surface area contributed by atoms with E-state index in [-0.39, 0.29) is 23.8 Å². The zero-order chi connectivity index (χ0) is 28.2. The highest BCUT2D eigenvalue weighted by atomic mass is 35.5. The van der Waals surface area contributed by atoms with Crippen molar-refractivity contribution in [3.05, 3.63) is 39.7 Å². The molecule has 1 spiro atoms. The maximum absolute atomic E-state index is 14.2. The van der Waals surface area contributed by atoms with Crippen molar-refractivity contribution >= 4 is 29.4 Å². The number of hydrogen-bond acceptors (Lipinski definition) is 7. The number of allylic oxidation sites excluding steroid dienone is 1. The third-order valence-corrected chi connectivity index (χ3v) is 9.97. The van der Waals surface area contributed by atoms with E-state index in [0.717, 1.165) is 56.3 Å². The van der Waals surface area contributed by atoms with E-state index in [4.69, 9.17) is 27.9 Å². The number of carboxylic acids is 1. The molecular weight excluding hydrogens is 534 g/mol. The van der Waals surface area contributed by atoms with Crippen LogP contribution in [0.4, 0.5) is 0 Å². The Balaban J connectivity index is 1.39. The summed E-state index contributed by atoms with van der Waals surface area (Å²) in [5.41, 5.74) is 9.32. The number of hydrogen-bond donors (Lipinski definition) is 3. The first kappa shape index (κ1) is 27.2. The highest BCUT2D eigenvalue weighted by Crippen LogP contribution is 2.56. The zero-order valence-corrected chi connectivity index (χ0v) is 23.5. The van der Waals surface area contributed by atoms with E-state index in [1.165, 1.54) is 0 Å². The van der Waals surface area contributed by atoms with Gasteiger partial charge in [0.2, 0.25) is 11.8 Å². The van der Waals surface area contributed by atoms with Crippen molar-refractivity contribution in [1.29, 1.82) is 0 Å². The lowest BCUT2D eigenvalue weighted by Crippen LogP contribution is -2.52. The molecule has 0 bridgehead atoms. The van der Waals surface area contributed by atoms with Crippen molar-refractivity contribution < 1.29 is 24.2 Å². The van der Waals surface area contributed by atoms with E-state index in [2.05, 4.69) is 0 Å². The second-order valence-electron chi connectivity index (χ2n) is 12.2. The van der Waals surface area contributed by atoms with Gasteiger partial charge in [-0.05, 0) is 68.1 Å². The fraction of sp³-hybridized carbons (Fsp3) is 0.621. The molecule has 5 aliphatic rings. The van der Waals surface area contributed by atoms with Gasteiger partial charge in [-0.25, -0.2) is 5.84 Å². The van der Waals surface area contributed by atoms with E-state index in [0.29, 0.717) is 60.8 Å².